The molecule has 3 unspecified atom stereocenters. The van der Waals surface area contributed by atoms with Gasteiger partial charge < -0.3 is 19.8 Å². The molecular weight excluding hydrogens is 262 g/mol. The molecule has 1 amide bonds. The Kier molecular flexibility index (Phi) is 3.71. The zero-order chi connectivity index (χ0) is 15.1. The van der Waals surface area contributed by atoms with Crippen LogP contribution in [0, 0.1) is 11.3 Å². The molecule has 1 heterocycles. The molecule has 3 atom stereocenters. The first kappa shape index (κ1) is 15.1. The van der Waals surface area contributed by atoms with Crippen molar-refractivity contribution in [3.05, 3.63) is 0 Å². The van der Waals surface area contributed by atoms with Crippen molar-refractivity contribution >= 4 is 12.1 Å². The van der Waals surface area contributed by atoms with E-state index in [1.807, 2.05) is 0 Å². The van der Waals surface area contributed by atoms with E-state index in [1.165, 1.54) is 4.90 Å². The third-order valence-electron chi connectivity index (χ3n) is 4.22. The van der Waals surface area contributed by atoms with Gasteiger partial charge in [-0.2, -0.15) is 0 Å². The topological polar surface area (TPSA) is 87.1 Å². The average Bonchev–Trinajstić information content (AvgIpc) is 2.25. The van der Waals surface area contributed by atoms with Gasteiger partial charge in [0.1, 0.15) is 11.0 Å². The van der Waals surface area contributed by atoms with Gasteiger partial charge in [-0.3, -0.25) is 4.79 Å². The van der Waals surface area contributed by atoms with Crippen molar-refractivity contribution in [3.63, 3.8) is 0 Å². The average molecular weight is 285 g/mol. The van der Waals surface area contributed by atoms with Crippen molar-refractivity contribution in [3.8, 4) is 0 Å². The van der Waals surface area contributed by atoms with Crippen molar-refractivity contribution in [2.75, 3.05) is 13.1 Å². The number of aliphatic carboxylic acids is 1. The number of carboxylic acids is 1. The van der Waals surface area contributed by atoms with E-state index in [-0.39, 0.29) is 12.5 Å². The van der Waals surface area contributed by atoms with Crippen molar-refractivity contribution in [1.82, 2.24) is 4.90 Å². The van der Waals surface area contributed by atoms with Gasteiger partial charge in [0.2, 0.25) is 0 Å². The summed E-state index contributed by atoms with van der Waals surface area (Å²) in [7, 11) is 0. The summed E-state index contributed by atoms with van der Waals surface area (Å²) in [5.41, 5.74) is -1.85. The van der Waals surface area contributed by atoms with Gasteiger partial charge in [-0.1, -0.05) is 6.42 Å². The molecule has 20 heavy (non-hydrogen) atoms. The van der Waals surface area contributed by atoms with E-state index < -0.39 is 29.2 Å². The van der Waals surface area contributed by atoms with Gasteiger partial charge in [-0.15, -0.1) is 0 Å². The number of ether oxygens (including phenoxy) is 1. The monoisotopic (exact) mass is 285 g/mol. The second-order valence-corrected chi connectivity index (χ2v) is 6.92. The van der Waals surface area contributed by atoms with Crippen LogP contribution in [0.15, 0.2) is 0 Å². The molecule has 0 spiro atoms. The van der Waals surface area contributed by atoms with Crippen molar-refractivity contribution in [1.29, 1.82) is 0 Å². The van der Waals surface area contributed by atoms with E-state index in [9.17, 15) is 19.8 Å². The fourth-order valence-electron chi connectivity index (χ4n) is 3.26. The van der Waals surface area contributed by atoms with Crippen LogP contribution in [-0.2, 0) is 9.53 Å². The van der Waals surface area contributed by atoms with Gasteiger partial charge in [0.15, 0.2) is 0 Å². The summed E-state index contributed by atoms with van der Waals surface area (Å²) >= 11 is 0. The highest BCUT2D eigenvalue weighted by atomic mass is 16.6. The number of rotatable bonds is 1. The Morgan fingerprint density at radius 2 is 2.00 bits per heavy atom. The first-order valence-corrected chi connectivity index (χ1v) is 7.05. The highest BCUT2D eigenvalue weighted by Gasteiger charge is 2.56. The first-order chi connectivity index (χ1) is 9.16. The molecule has 2 fully saturated rings. The number of aliphatic hydroxyl groups excluding tert-OH is 1. The van der Waals surface area contributed by atoms with E-state index in [2.05, 4.69) is 0 Å². The molecule has 1 aliphatic heterocycles. The van der Waals surface area contributed by atoms with Crippen LogP contribution in [0.5, 0.6) is 0 Å². The standard InChI is InChI=1S/C14H23NO5/c1-13(2,3)20-12(19)15-7-9-5-4-6-14(8-15,10(9)16)11(17)18/h9-10,16H,4-8H2,1-3H3,(H,17,18). The number of nitrogens with zero attached hydrogens (tertiary/aromatic N) is 1. The summed E-state index contributed by atoms with van der Waals surface area (Å²) < 4.78 is 5.31. The maximum absolute atomic E-state index is 12.1. The van der Waals surface area contributed by atoms with Crippen LogP contribution in [0.1, 0.15) is 40.0 Å². The first-order valence-electron chi connectivity index (χ1n) is 7.05. The SMILES string of the molecule is CC(C)(C)OC(=O)N1CC2CCCC(C(=O)O)(C1)C2O. The molecule has 0 aromatic heterocycles. The van der Waals surface area contributed by atoms with Crippen LogP contribution in [0.25, 0.3) is 0 Å². The summed E-state index contributed by atoms with van der Waals surface area (Å²) in [5.74, 6) is -1.20. The van der Waals surface area contributed by atoms with Gasteiger partial charge in [0.25, 0.3) is 0 Å². The Morgan fingerprint density at radius 1 is 1.35 bits per heavy atom. The number of fused-ring (bicyclic) bond motifs is 2. The Balaban J connectivity index is 2.19. The second-order valence-electron chi connectivity index (χ2n) is 6.92. The molecule has 0 aromatic carbocycles. The maximum atomic E-state index is 12.1. The van der Waals surface area contributed by atoms with Gasteiger partial charge in [0, 0.05) is 19.0 Å². The van der Waals surface area contributed by atoms with Gasteiger partial charge >= 0.3 is 12.1 Å². The van der Waals surface area contributed by atoms with Crippen LogP contribution in [-0.4, -0.2) is 52.0 Å². The molecule has 2 N–H and O–H groups in total. The molecule has 114 valence electrons. The fourth-order valence-corrected chi connectivity index (χ4v) is 3.26. The van der Waals surface area contributed by atoms with E-state index in [0.29, 0.717) is 13.0 Å². The summed E-state index contributed by atoms with van der Waals surface area (Å²) in [4.78, 5) is 25.2. The largest absolute Gasteiger partial charge is 0.481 e. The van der Waals surface area contributed by atoms with Crippen LogP contribution < -0.4 is 0 Å². The smallest absolute Gasteiger partial charge is 0.410 e. The molecule has 0 radical (unpaired) electrons. The number of likely N-dealkylation sites (tertiary alicyclic amines) is 1. The minimum absolute atomic E-state index is 0.0227. The van der Waals surface area contributed by atoms with Crippen LogP contribution >= 0.6 is 0 Å². The van der Waals surface area contributed by atoms with Crippen LogP contribution in [0.2, 0.25) is 0 Å². The van der Waals surface area contributed by atoms with Crippen molar-refractivity contribution in [2.45, 2.75) is 51.7 Å². The molecule has 6 nitrogen and oxygen atoms in total. The Morgan fingerprint density at radius 3 is 2.55 bits per heavy atom. The lowest BCUT2D eigenvalue weighted by atomic mass is 9.64. The minimum atomic E-state index is -1.24. The second kappa shape index (κ2) is 4.91. The summed E-state index contributed by atoms with van der Waals surface area (Å²) in [6, 6.07) is 0. The number of carbonyl (C=O) groups excluding carboxylic acids is 1. The summed E-state index contributed by atoms with van der Waals surface area (Å²) in [5, 5.41) is 19.8. The predicted molar refractivity (Wildman–Crippen MR) is 71.2 cm³/mol. The zero-order valence-corrected chi connectivity index (χ0v) is 12.3. The van der Waals surface area contributed by atoms with Gasteiger partial charge in [-0.05, 0) is 33.6 Å². The summed E-state index contributed by atoms with van der Waals surface area (Å²) in [6.45, 7) is 5.71. The normalized spacial score (nSPS) is 33.7. The van der Waals surface area contributed by atoms with Crippen LogP contribution in [0.4, 0.5) is 4.79 Å². The van der Waals surface area contributed by atoms with E-state index in [4.69, 9.17) is 4.74 Å². The van der Waals surface area contributed by atoms with Crippen molar-refractivity contribution < 1.29 is 24.5 Å². The third-order valence-corrected chi connectivity index (χ3v) is 4.22. The number of amides is 1. The summed E-state index contributed by atoms with van der Waals surface area (Å²) in [6.07, 6.45) is 0.541. The van der Waals surface area contributed by atoms with Gasteiger partial charge in [-0.25, -0.2) is 4.79 Å². The lowest BCUT2D eigenvalue weighted by molar-refractivity contribution is -0.175. The number of carbonyl (C=O) groups is 2. The molecule has 0 aromatic rings. The Labute approximate surface area is 118 Å². The number of hydrogen-bond donors (Lipinski definition) is 2. The highest BCUT2D eigenvalue weighted by Crippen LogP contribution is 2.44. The van der Waals surface area contributed by atoms with Gasteiger partial charge in [0.05, 0.1) is 6.10 Å². The van der Waals surface area contributed by atoms with E-state index >= 15 is 0 Å². The van der Waals surface area contributed by atoms with Crippen LogP contribution in [0.3, 0.4) is 0 Å². The molecule has 2 aliphatic rings. The minimum Gasteiger partial charge on any atom is -0.481 e. The fraction of sp³-hybridized carbons (Fsp3) is 0.857. The lowest BCUT2D eigenvalue weighted by Crippen LogP contribution is -2.63. The molecule has 1 saturated carbocycles. The molecule has 6 heteroatoms. The molecule has 1 saturated heterocycles. The number of carboxylic acid groups (broad SMARTS) is 1. The third kappa shape index (κ3) is 2.61. The van der Waals surface area contributed by atoms with E-state index in [1.54, 1.807) is 20.8 Å². The number of aliphatic hydroxyl groups is 1. The van der Waals surface area contributed by atoms with E-state index in [0.717, 1.165) is 12.8 Å². The predicted octanol–water partition coefficient (Wildman–Crippen LogP) is 1.47. The molecular formula is C14H23NO5. The molecule has 1 aliphatic carbocycles. The number of piperidine rings is 1. The molecule has 2 bridgehead atoms. The van der Waals surface area contributed by atoms with Crippen molar-refractivity contribution in [2.24, 2.45) is 11.3 Å². The zero-order valence-electron chi connectivity index (χ0n) is 12.3. The number of hydrogen-bond acceptors (Lipinski definition) is 4. The lowest BCUT2D eigenvalue weighted by Gasteiger charge is -2.50. The quantitative estimate of drug-likeness (QED) is 0.761. The molecule has 2 rings (SSSR count). The highest BCUT2D eigenvalue weighted by molar-refractivity contribution is 5.78. The maximum Gasteiger partial charge on any atom is 0.410 e. The Hall–Kier alpha value is -1.30. The Bertz CT molecular complexity index is 416.